The zero-order valence-electron chi connectivity index (χ0n) is 29.9. The van der Waals surface area contributed by atoms with E-state index in [0.29, 0.717) is 0 Å². The molecule has 0 fully saturated rings. The Balaban J connectivity index is 1.19. The van der Waals surface area contributed by atoms with Crippen molar-refractivity contribution in [1.29, 1.82) is 0 Å². The van der Waals surface area contributed by atoms with Gasteiger partial charge in [-0.05, 0) is 88.0 Å². The normalized spacial score (nSPS) is 13.8. The number of benzene rings is 8. The SMILES string of the molecule is c1ccc2c(c1)Sc1ccccc1C21c2ccccc2-c2cc3c4ccccc4n(-c4nc5ccccc5nc4-c4cccc5c4oc4ccccc45)c3cc21. The Morgan fingerprint density at radius 2 is 1.07 bits per heavy atom. The van der Waals surface area contributed by atoms with E-state index in [-0.39, 0.29) is 0 Å². The molecule has 56 heavy (non-hydrogen) atoms. The first-order valence-corrected chi connectivity index (χ1v) is 19.8. The molecule has 1 spiro atoms. The van der Waals surface area contributed by atoms with Crippen LogP contribution in [0.15, 0.2) is 190 Å². The first kappa shape index (κ1) is 30.4. The average molecular weight is 732 g/mol. The highest BCUT2D eigenvalue weighted by molar-refractivity contribution is 7.99. The third-order valence-corrected chi connectivity index (χ3v) is 13.2. The molecule has 5 heteroatoms. The van der Waals surface area contributed by atoms with Gasteiger partial charge in [0.1, 0.15) is 16.9 Å². The van der Waals surface area contributed by atoms with Crippen molar-refractivity contribution >= 4 is 66.5 Å². The van der Waals surface area contributed by atoms with Crippen LogP contribution in [0.3, 0.4) is 0 Å². The Bertz CT molecular complexity index is 3440. The van der Waals surface area contributed by atoms with Crippen LogP contribution in [0.25, 0.3) is 83.0 Å². The first-order valence-electron chi connectivity index (χ1n) is 19.0. The van der Waals surface area contributed by atoms with Crippen LogP contribution in [0.5, 0.6) is 0 Å². The highest BCUT2D eigenvalue weighted by atomic mass is 32.2. The van der Waals surface area contributed by atoms with Crippen molar-refractivity contribution in [2.45, 2.75) is 15.2 Å². The monoisotopic (exact) mass is 731 g/mol. The van der Waals surface area contributed by atoms with Gasteiger partial charge in [0.05, 0.1) is 27.5 Å². The maximum atomic E-state index is 6.66. The molecule has 0 N–H and O–H groups in total. The summed E-state index contributed by atoms with van der Waals surface area (Å²) < 4.78 is 9.01. The molecule has 0 amide bonds. The van der Waals surface area contributed by atoms with Gasteiger partial charge in [-0.2, -0.15) is 0 Å². The van der Waals surface area contributed by atoms with E-state index in [2.05, 4.69) is 150 Å². The lowest BCUT2D eigenvalue weighted by atomic mass is 9.67. The summed E-state index contributed by atoms with van der Waals surface area (Å²) >= 11 is 1.87. The highest BCUT2D eigenvalue weighted by Crippen LogP contribution is 2.63. The molecule has 0 saturated carbocycles. The summed E-state index contributed by atoms with van der Waals surface area (Å²) in [5.74, 6) is 0.771. The van der Waals surface area contributed by atoms with Crippen molar-refractivity contribution in [2.24, 2.45) is 0 Å². The van der Waals surface area contributed by atoms with Gasteiger partial charge in [-0.3, -0.25) is 4.57 Å². The fourth-order valence-corrected chi connectivity index (χ4v) is 11.0. The highest BCUT2D eigenvalue weighted by Gasteiger charge is 2.50. The van der Waals surface area contributed by atoms with Crippen LogP contribution in [-0.2, 0) is 5.41 Å². The molecule has 13 rings (SSSR count). The van der Waals surface area contributed by atoms with Gasteiger partial charge in [0, 0.05) is 36.9 Å². The second kappa shape index (κ2) is 11.1. The van der Waals surface area contributed by atoms with Crippen LogP contribution < -0.4 is 0 Å². The number of rotatable bonds is 2. The maximum absolute atomic E-state index is 6.66. The number of fused-ring (bicyclic) bond motifs is 16. The van der Waals surface area contributed by atoms with Gasteiger partial charge in [-0.15, -0.1) is 0 Å². The van der Waals surface area contributed by atoms with Crippen LogP contribution >= 0.6 is 11.8 Å². The topological polar surface area (TPSA) is 43.9 Å². The molecule has 260 valence electrons. The molecular formula is C51H29N3OS. The molecule has 0 unspecified atom stereocenters. The largest absolute Gasteiger partial charge is 0.455 e. The third-order valence-electron chi connectivity index (χ3n) is 12.1. The molecule has 2 aliphatic rings. The smallest absolute Gasteiger partial charge is 0.165 e. The summed E-state index contributed by atoms with van der Waals surface area (Å²) in [4.78, 5) is 13.5. The molecular weight excluding hydrogens is 703 g/mol. The standard InChI is InChI=1S/C51H29N3OS/c1-4-19-37-30(14-1)35-28-36-31-15-2-9-24-43(31)54(44(36)29-40(35)51(37)38-20-5-11-26-46(38)56-47-27-12-6-21-39(47)51)50-48(52-41-22-7-8-23-42(41)53-50)34-18-13-17-33-32-16-3-10-25-45(32)55-49(33)34/h1-29H. The van der Waals surface area contributed by atoms with E-state index in [4.69, 9.17) is 14.4 Å². The van der Waals surface area contributed by atoms with Gasteiger partial charge in [-0.25, -0.2) is 9.97 Å². The van der Waals surface area contributed by atoms with Crippen LogP contribution in [0.1, 0.15) is 22.3 Å². The second-order valence-electron chi connectivity index (χ2n) is 14.8. The number of aromatic nitrogens is 3. The van der Waals surface area contributed by atoms with Crippen molar-refractivity contribution in [1.82, 2.24) is 14.5 Å². The Labute approximate surface area is 325 Å². The van der Waals surface area contributed by atoms with Gasteiger partial charge in [0.15, 0.2) is 5.82 Å². The van der Waals surface area contributed by atoms with Gasteiger partial charge in [0.25, 0.3) is 0 Å². The van der Waals surface area contributed by atoms with Crippen molar-refractivity contribution in [2.75, 3.05) is 0 Å². The quantitative estimate of drug-likeness (QED) is 0.178. The van der Waals surface area contributed by atoms with Gasteiger partial charge in [0.2, 0.25) is 0 Å². The fourth-order valence-electron chi connectivity index (χ4n) is 9.80. The molecule has 8 aromatic carbocycles. The first-order chi connectivity index (χ1) is 27.8. The lowest BCUT2D eigenvalue weighted by Crippen LogP contribution is -2.31. The zero-order chi connectivity index (χ0) is 36.5. The van der Waals surface area contributed by atoms with E-state index in [1.807, 2.05) is 42.1 Å². The molecule has 11 aromatic rings. The van der Waals surface area contributed by atoms with Crippen LogP contribution in [0.4, 0.5) is 0 Å². The third kappa shape index (κ3) is 3.85. The molecule has 4 heterocycles. The summed E-state index contributed by atoms with van der Waals surface area (Å²) in [6.45, 7) is 0. The molecule has 0 bridgehead atoms. The van der Waals surface area contributed by atoms with E-state index >= 15 is 0 Å². The Kier molecular flexibility index (Phi) is 6.00. The predicted octanol–water partition coefficient (Wildman–Crippen LogP) is 13.1. The van der Waals surface area contributed by atoms with Gasteiger partial charge < -0.3 is 4.42 Å². The fraction of sp³-hybridized carbons (Fsp3) is 0.0196. The van der Waals surface area contributed by atoms with Crippen LogP contribution in [0, 0.1) is 0 Å². The van der Waals surface area contributed by atoms with Crippen molar-refractivity contribution in [3.8, 4) is 28.2 Å². The second-order valence-corrected chi connectivity index (χ2v) is 15.9. The molecule has 3 aromatic heterocycles. The average Bonchev–Trinajstić information content (AvgIpc) is 3.89. The lowest BCUT2D eigenvalue weighted by molar-refractivity contribution is 0.669. The van der Waals surface area contributed by atoms with E-state index < -0.39 is 5.41 Å². The number of hydrogen-bond donors (Lipinski definition) is 0. The number of nitrogens with zero attached hydrogens (tertiary/aromatic N) is 3. The van der Waals surface area contributed by atoms with Crippen molar-refractivity contribution < 1.29 is 4.42 Å². The van der Waals surface area contributed by atoms with Gasteiger partial charge >= 0.3 is 0 Å². The van der Waals surface area contributed by atoms with Crippen molar-refractivity contribution in [3.05, 3.63) is 198 Å². The summed E-state index contributed by atoms with van der Waals surface area (Å²) in [6.07, 6.45) is 0. The summed E-state index contributed by atoms with van der Waals surface area (Å²) in [7, 11) is 0. The maximum Gasteiger partial charge on any atom is 0.165 e. The molecule has 0 saturated heterocycles. The Hall–Kier alpha value is -6.95. The summed E-state index contributed by atoms with van der Waals surface area (Å²) in [5, 5.41) is 4.50. The lowest BCUT2D eigenvalue weighted by Gasteiger charge is -2.39. The Morgan fingerprint density at radius 1 is 0.446 bits per heavy atom. The van der Waals surface area contributed by atoms with E-state index in [0.717, 1.165) is 61.1 Å². The minimum atomic E-state index is -0.502. The van der Waals surface area contributed by atoms with Crippen LogP contribution in [0.2, 0.25) is 0 Å². The zero-order valence-corrected chi connectivity index (χ0v) is 30.7. The van der Waals surface area contributed by atoms with Gasteiger partial charge in [-0.1, -0.05) is 133 Å². The minimum Gasteiger partial charge on any atom is -0.455 e. The van der Waals surface area contributed by atoms with Crippen LogP contribution in [-0.4, -0.2) is 14.5 Å². The molecule has 0 atom stereocenters. The summed E-state index contributed by atoms with van der Waals surface area (Å²) in [6, 6.07) is 63.4. The van der Waals surface area contributed by atoms with E-state index in [9.17, 15) is 0 Å². The molecule has 1 aliphatic heterocycles. The summed E-state index contributed by atoms with van der Waals surface area (Å²) in [5.41, 5.74) is 14.5. The van der Waals surface area contributed by atoms with Crippen molar-refractivity contribution in [3.63, 3.8) is 0 Å². The number of furan rings is 1. The van der Waals surface area contributed by atoms with E-state index in [1.165, 1.54) is 53.9 Å². The molecule has 4 nitrogen and oxygen atoms in total. The minimum absolute atomic E-state index is 0.502. The Morgan fingerprint density at radius 3 is 1.89 bits per heavy atom. The number of hydrogen-bond acceptors (Lipinski definition) is 4. The number of para-hydroxylation sites is 5. The molecule has 1 aliphatic carbocycles. The predicted molar refractivity (Wildman–Crippen MR) is 228 cm³/mol. The molecule has 0 radical (unpaired) electrons. The van der Waals surface area contributed by atoms with E-state index in [1.54, 1.807) is 0 Å².